The largest absolute Gasteiger partial charge is 0.387 e. The number of benzene rings is 1. The van der Waals surface area contributed by atoms with Crippen LogP contribution < -0.4 is 0 Å². The quantitative estimate of drug-likeness (QED) is 0.799. The average Bonchev–Trinajstić information content (AvgIpc) is 2.93. The predicted molar refractivity (Wildman–Crippen MR) is 63.9 cm³/mol. The van der Waals surface area contributed by atoms with E-state index in [1.54, 1.807) is 6.07 Å². The first-order chi connectivity index (χ1) is 8.27. The third-order valence-electron chi connectivity index (χ3n) is 3.25. The molecule has 2 aromatic rings. The van der Waals surface area contributed by atoms with Crippen LogP contribution in [0.1, 0.15) is 34.3 Å². The van der Waals surface area contributed by atoms with E-state index in [1.165, 1.54) is 0 Å². The van der Waals surface area contributed by atoms with Crippen LogP contribution in [0.5, 0.6) is 0 Å². The molecular weight excluding hydrogens is 214 g/mol. The van der Waals surface area contributed by atoms with Gasteiger partial charge in [-0.15, -0.1) is 0 Å². The van der Waals surface area contributed by atoms with E-state index in [0.717, 1.165) is 12.2 Å². The smallest absolute Gasteiger partial charge is 0.209 e. The third kappa shape index (κ3) is 1.59. The molecule has 17 heavy (non-hydrogen) atoms. The lowest BCUT2D eigenvalue weighted by Gasteiger charge is -2.05. The minimum Gasteiger partial charge on any atom is -0.387 e. The van der Waals surface area contributed by atoms with E-state index in [-0.39, 0.29) is 5.78 Å². The van der Waals surface area contributed by atoms with Gasteiger partial charge in [-0.2, -0.15) is 0 Å². The van der Waals surface area contributed by atoms with Crippen LogP contribution in [0.3, 0.4) is 0 Å². The fraction of sp³-hybridized carbons (Fsp3) is 0.214. The first kappa shape index (κ1) is 10.3. The molecule has 1 unspecified atom stereocenters. The van der Waals surface area contributed by atoms with Gasteiger partial charge in [-0.3, -0.25) is 4.79 Å². The molecule has 1 N–H and O–H groups in total. The lowest BCUT2D eigenvalue weighted by molar-refractivity contribution is 0.103. The highest BCUT2D eigenvalue weighted by Gasteiger charge is 2.25. The normalized spacial score (nSPS) is 18.1. The number of nitrogens with zero attached hydrogens (tertiary/aromatic N) is 1. The van der Waals surface area contributed by atoms with Crippen molar-refractivity contribution in [2.24, 2.45) is 0 Å². The molecule has 0 aliphatic carbocycles. The Morgan fingerprint density at radius 1 is 1.18 bits per heavy atom. The molecule has 1 aromatic carbocycles. The van der Waals surface area contributed by atoms with Gasteiger partial charge in [0.25, 0.3) is 0 Å². The van der Waals surface area contributed by atoms with Gasteiger partial charge in [-0.1, -0.05) is 30.3 Å². The van der Waals surface area contributed by atoms with Gasteiger partial charge >= 0.3 is 0 Å². The van der Waals surface area contributed by atoms with Gasteiger partial charge in [0.1, 0.15) is 0 Å². The molecule has 0 spiro atoms. The summed E-state index contributed by atoms with van der Waals surface area (Å²) >= 11 is 0. The summed E-state index contributed by atoms with van der Waals surface area (Å²) in [7, 11) is 0. The Morgan fingerprint density at radius 2 is 1.94 bits per heavy atom. The molecule has 0 saturated heterocycles. The molecule has 0 radical (unpaired) electrons. The van der Waals surface area contributed by atoms with Crippen LogP contribution in [0.25, 0.3) is 0 Å². The van der Waals surface area contributed by atoms with Crippen LogP contribution in [0.15, 0.2) is 42.5 Å². The minimum atomic E-state index is -0.424. The fourth-order valence-electron chi connectivity index (χ4n) is 2.36. The van der Waals surface area contributed by atoms with Crippen molar-refractivity contribution in [1.82, 2.24) is 4.57 Å². The Balaban J connectivity index is 2.01. The zero-order chi connectivity index (χ0) is 11.8. The van der Waals surface area contributed by atoms with Gasteiger partial charge in [0.15, 0.2) is 0 Å². The van der Waals surface area contributed by atoms with Gasteiger partial charge in [0.2, 0.25) is 5.78 Å². The highest BCUT2D eigenvalue weighted by Crippen LogP contribution is 2.28. The van der Waals surface area contributed by atoms with E-state index in [1.807, 2.05) is 41.0 Å². The summed E-state index contributed by atoms with van der Waals surface area (Å²) in [6.07, 6.45) is 0.276. The Bertz CT molecular complexity index is 557. The van der Waals surface area contributed by atoms with Crippen molar-refractivity contribution < 1.29 is 9.90 Å². The summed E-state index contributed by atoms with van der Waals surface area (Å²) in [4.78, 5) is 12.3. The Morgan fingerprint density at radius 3 is 2.71 bits per heavy atom. The van der Waals surface area contributed by atoms with Gasteiger partial charge in [0.05, 0.1) is 11.8 Å². The second-order valence-corrected chi connectivity index (χ2v) is 4.29. The summed E-state index contributed by atoms with van der Waals surface area (Å²) in [5.41, 5.74) is 2.21. The van der Waals surface area contributed by atoms with Crippen molar-refractivity contribution in [3.63, 3.8) is 0 Å². The van der Waals surface area contributed by atoms with Crippen molar-refractivity contribution in [1.29, 1.82) is 0 Å². The maximum atomic E-state index is 12.3. The predicted octanol–water partition coefficient (Wildman–Crippen LogP) is 2.16. The lowest BCUT2D eigenvalue weighted by atomic mass is 10.1. The molecule has 0 bridgehead atoms. The van der Waals surface area contributed by atoms with Crippen molar-refractivity contribution in [2.75, 3.05) is 0 Å². The van der Waals surface area contributed by atoms with Crippen LogP contribution >= 0.6 is 0 Å². The van der Waals surface area contributed by atoms with E-state index >= 15 is 0 Å². The SMILES string of the molecule is O=C(c1ccccc1)c1ccc2n1CCC2O. The first-order valence-corrected chi connectivity index (χ1v) is 5.74. The van der Waals surface area contributed by atoms with Gasteiger partial charge in [-0.05, 0) is 18.6 Å². The van der Waals surface area contributed by atoms with E-state index in [2.05, 4.69) is 0 Å². The highest BCUT2D eigenvalue weighted by atomic mass is 16.3. The number of hydrogen-bond acceptors (Lipinski definition) is 2. The van der Waals surface area contributed by atoms with Gasteiger partial charge < -0.3 is 9.67 Å². The average molecular weight is 227 g/mol. The van der Waals surface area contributed by atoms with Crippen molar-refractivity contribution >= 4 is 5.78 Å². The van der Waals surface area contributed by atoms with Crippen LogP contribution in [-0.2, 0) is 6.54 Å². The number of carbonyl (C=O) groups excluding carboxylic acids is 1. The molecular formula is C14H13NO2. The van der Waals surface area contributed by atoms with E-state index in [9.17, 15) is 9.90 Å². The lowest BCUT2D eigenvalue weighted by Crippen LogP contribution is -2.08. The molecule has 1 aliphatic heterocycles. The number of ketones is 1. The van der Waals surface area contributed by atoms with Crippen molar-refractivity contribution in [3.8, 4) is 0 Å². The van der Waals surface area contributed by atoms with Crippen LogP contribution in [0, 0.1) is 0 Å². The number of carbonyl (C=O) groups is 1. The molecule has 0 fully saturated rings. The monoisotopic (exact) mass is 227 g/mol. The number of fused-ring (bicyclic) bond motifs is 1. The molecule has 0 amide bonds. The highest BCUT2D eigenvalue weighted by molar-refractivity contribution is 6.08. The second-order valence-electron chi connectivity index (χ2n) is 4.29. The number of aromatic nitrogens is 1. The van der Waals surface area contributed by atoms with Gasteiger partial charge in [-0.25, -0.2) is 0 Å². The van der Waals surface area contributed by atoms with Gasteiger partial charge in [0, 0.05) is 17.8 Å². The molecule has 86 valence electrons. The summed E-state index contributed by atoms with van der Waals surface area (Å²) in [5.74, 6) is 0.0194. The summed E-state index contributed by atoms with van der Waals surface area (Å²) in [6, 6.07) is 12.9. The van der Waals surface area contributed by atoms with E-state index in [0.29, 0.717) is 17.7 Å². The first-order valence-electron chi connectivity index (χ1n) is 5.74. The Kier molecular flexibility index (Phi) is 2.34. The number of rotatable bonds is 2. The number of hydrogen-bond donors (Lipinski definition) is 1. The fourth-order valence-corrected chi connectivity index (χ4v) is 2.36. The summed E-state index contributed by atoms with van der Waals surface area (Å²) in [5, 5.41) is 9.71. The van der Waals surface area contributed by atoms with E-state index < -0.39 is 6.10 Å². The van der Waals surface area contributed by atoms with E-state index in [4.69, 9.17) is 0 Å². The Hall–Kier alpha value is -1.87. The molecule has 1 atom stereocenters. The summed E-state index contributed by atoms with van der Waals surface area (Å²) in [6.45, 7) is 0.720. The minimum absolute atomic E-state index is 0.0194. The van der Waals surface area contributed by atoms with Crippen LogP contribution in [-0.4, -0.2) is 15.5 Å². The molecule has 3 rings (SSSR count). The standard InChI is InChI=1S/C14H13NO2/c16-13-8-9-15-11(13)6-7-12(15)14(17)10-4-2-1-3-5-10/h1-7,13,16H,8-9H2. The topological polar surface area (TPSA) is 42.2 Å². The zero-order valence-corrected chi connectivity index (χ0v) is 9.34. The second kappa shape index (κ2) is 3.86. The van der Waals surface area contributed by atoms with Crippen molar-refractivity contribution in [3.05, 3.63) is 59.4 Å². The molecule has 2 heterocycles. The number of aliphatic hydroxyl groups is 1. The molecule has 1 aliphatic rings. The third-order valence-corrected chi connectivity index (χ3v) is 3.25. The molecule has 1 aromatic heterocycles. The Labute approximate surface area is 99.3 Å². The maximum Gasteiger partial charge on any atom is 0.209 e. The molecule has 3 nitrogen and oxygen atoms in total. The molecule has 3 heteroatoms. The van der Waals surface area contributed by atoms with Crippen LogP contribution in [0.2, 0.25) is 0 Å². The zero-order valence-electron chi connectivity index (χ0n) is 9.34. The summed E-state index contributed by atoms with van der Waals surface area (Å²) < 4.78 is 1.92. The number of aliphatic hydroxyl groups excluding tert-OH is 1. The maximum absolute atomic E-state index is 12.3. The van der Waals surface area contributed by atoms with Crippen LogP contribution in [0.4, 0.5) is 0 Å². The van der Waals surface area contributed by atoms with Crippen molar-refractivity contribution in [2.45, 2.75) is 19.1 Å². The molecule has 0 saturated carbocycles.